The summed E-state index contributed by atoms with van der Waals surface area (Å²) in [5.74, 6) is -1.14. The monoisotopic (exact) mass is 464 g/mol. The van der Waals surface area contributed by atoms with Crippen LogP contribution in [0.25, 0.3) is 0 Å². The van der Waals surface area contributed by atoms with Gasteiger partial charge in [0.2, 0.25) is 11.8 Å². The fraction of sp³-hybridized carbons (Fsp3) is 0.444. The summed E-state index contributed by atoms with van der Waals surface area (Å²) in [6.45, 7) is 0.906. The lowest BCUT2D eigenvalue weighted by Crippen LogP contribution is -2.40. The van der Waals surface area contributed by atoms with Gasteiger partial charge in [-0.3, -0.25) is 14.4 Å². The quantitative estimate of drug-likeness (QED) is 0.464. The zero-order valence-electron chi connectivity index (χ0n) is 19.4. The molecule has 2 N–H and O–H groups in total. The van der Waals surface area contributed by atoms with Gasteiger partial charge in [-0.1, -0.05) is 62.4 Å². The third-order valence-electron chi connectivity index (χ3n) is 6.36. The Labute approximate surface area is 200 Å². The van der Waals surface area contributed by atoms with Crippen LogP contribution in [0.3, 0.4) is 0 Å². The van der Waals surface area contributed by atoms with Crippen LogP contribution in [0.15, 0.2) is 48.5 Å². The van der Waals surface area contributed by atoms with Gasteiger partial charge in [0.05, 0.1) is 0 Å². The number of rotatable bonds is 7. The molecule has 1 aliphatic carbocycles. The van der Waals surface area contributed by atoms with E-state index in [2.05, 4.69) is 10.6 Å². The summed E-state index contributed by atoms with van der Waals surface area (Å²) in [7, 11) is 0. The van der Waals surface area contributed by atoms with Crippen molar-refractivity contribution < 1.29 is 23.9 Å². The third-order valence-corrected chi connectivity index (χ3v) is 6.36. The number of ketones is 1. The SMILES string of the molecule is O=C(C[C@@H](C(=O)Nc1ccc2c(c1)OCCO2)C(=O)c1ccccc1)NC1CCCCCCC1. The van der Waals surface area contributed by atoms with E-state index in [9.17, 15) is 14.4 Å². The number of ether oxygens (including phenoxy) is 2. The van der Waals surface area contributed by atoms with Gasteiger partial charge in [-0.25, -0.2) is 0 Å². The Bertz CT molecular complexity index is 999. The van der Waals surface area contributed by atoms with Crippen LogP contribution in [0.2, 0.25) is 0 Å². The highest BCUT2D eigenvalue weighted by Crippen LogP contribution is 2.33. The standard InChI is InChI=1S/C27H32N2O5/c30-25(28-20-11-7-2-1-3-8-12-20)18-22(26(31)19-9-5-4-6-10-19)27(32)29-21-13-14-23-24(17-21)34-16-15-33-23/h4-6,9-10,13-14,17,20,22H,1-3,7-8,11-12,15-16,18H2,(H,28,30)(H,29,32)/t22-/m1/s1. The zero-order valence-corrected chi connectivity index (χ0v) is 19.4. The highest BCUT2D eigenvalue weighted by molar-refractivity contribution is 6.15. The second-order valence-corrected chi connectivity index (χ2v) is 8.94. The maximum Gasteiger partial charge on any atom is 0.235 e. The summed E-state index contributed by atoms with van der Waals surface area (Å²) in [6, 6.07) is 13.8. The number of anilines is 1. The fourth-order valence-corrected chi connectivity index (χ4v) is 4.53. The minimum Gasteiger partial charge on any atom is -0.486 e. The predicted molar refractivity (Wildman–Crippen MR) is 129 cm³/mol. The molecule has 1 fully saturated rings. The number of benzene rings is 2. The van der Waals surface area contributed by atoms with Gasteiger partial charge in [-0.05, 0) is 25.0 Å². The molecule has 0 radical (unpaired) electrons. The summed E-state index contributed by atoms with van der Waals surface area (Å²) in [6.07, 6.45) is 7.45. The lowest BCUT2D eigenvalue weighted by molar-refractivity contribution is -0.126. The molecule has 34 heavy (non-hydrogen) atoms. The highest BCUT2D eigenvalue weighted by Gasteiger charge is 2.31. The summed E-state index contributed by atoms with van der Waals surface area (Å²) in [5, 5.41) is 5.87. The van der Waals surface area contributed by atoms with E-state index in [0.717, 1.165) is 25.7 Å². The first-order valence-corrected chi connectivity index (χ1v) is 12.2. The van der Waals surface area contributed by atoms with Gasteiger partial charge in [-0.2, -0.15) is 0 Å². The van der Waals surface area contributed by atoms with Crippen molar-refractivity contribution in [3.8, 4) is 11.5 Å². The van der Waals surface area contributed by atoms with Gasteiger partial charge < -0.3 is 20.1 Å². The first-order valence-electron chi connectivity index (χ1n) is 12.2. The van der Waals surface area contributed by atoms with Gasteiger partial charge >= 0.3 is 0 Å². The van der Waals surface area contributed by atoms with Gasteiger partial charge in [0.1, 0.15) is 19.1 Å². The van der Waals surface area contributed by atoms with E-state index in [4.69, 9.17) is 9.47 Å². The van der Waals surface area contributed by atoms with Crippen LogP contribution in [-0.2, 0) is 9.59 Å². The summed E-state index contributed by atoms with van der Waals surface area (Å²) < 4.78 is 11.1. The van der Waals surface area contributed by atoms with Gasteiger partial charge in [0, 0.05) is 29.8 Å². The van der Waals surface area contributed by atoms with Crippen LogP contribution in [0.1, 0.15) is 61.7 Å². The molecule has 2 aromatic carbocycles. The molecule has 0 saturated heterocycles. The van der Waals surface area contributed by atoms with E-state index in [-0.39, 0.29) is 24.2 Å². The van der Waals surface area contributed by atoms with Crippen LogP contribution in [0, 0.1) is 5.92 Å². The van der Waals surface area contributed by atoms with Crippen molar-refractivity contribution in [2.75, 3.05) is 18.5 Å². The van der Waals surface area contributed by atoms with E-state index in [1.807, 2.05) is 6.07 Å². The number of fused-ring (bicyclic) bond motifs is 1. The molecule has 4 rings (SSSR count). The molecule has 2 aromatic rings. The number of carbonyl (C=O) groups excluding carboxylic acids is 3. The Balaban J connectivity index is 1.47. The minimum absolute atomic E-state index is 0.0983. The number of hydrogen-bond acceptors (Lipinski definition) is 5. The minimum atomic E-state index is -1.14. The van der Waals surface area contributed by atoms with E-state index < -0.39 is 11.8 Å². The summed E-state index contributed by atoms with van der Waals surface area (Å²) >= 11 is 0. The van der Waals surface area contributed by atoms with E-state index in [1.54, 1.807) is 42.5 Å². The highest BCUT2D eigenvalue weighted by atomic mass is 16.6. The Morgan fingerprint density at radius 2 is 1.53 bits per heavy atom. The van der Waals surface area contributed by atoms with Gasteiger partial charge in [0.25, 0.3) is 0 Å². The molecule has 180 valence electrons. The Morgan fingerprint density at radius 1 is 0.853 bits per heavy atom. The summed E-state index contributed by atoms with van der Waals surface area (Å²) in [5.41, 5.74) is 0.893. The second-order valence-electron chi connectivity index (χ2n) is 8.94. The molecule has 0 unspecified atom stereocenters. The molecule has 1 heterocycles. The van der Waals surface area contributed by atoms with Crippen LogP contribution in [-0.4, -0.2) is 36.9 Å². The zero-order chi connectivity index (χ0) is 23.8. The van der Waals surface area contributed by atoms with Crippen LogP contribution < -0.4 is 20.1 Å². The topological polar surface area (TPSA) is 93.7 Å². The van der Waals surface area contributed by atoms with Crippen LogP contribution in [0.4, 0.5) is 5.69 Å². The normalized spacial score (nSPS) is 17.1. The van der Waals surface area contributed by atoms with Crippen molar-refractivity contribution in [2.24, 2.45) is 5.92 Å². The Hall–Kier alpha value is -3.35. The number of nitrogens with one attached hydrogen (secondary N) is 2. The number of amides is 2. The molecule has 2 aliphatic rings. The van der Waals surface area contributed by atoms with Crippen LogP contribution >= 0.6 is 0 Å². The molecule has 0 bridgehead atoms. The maximum atomic E-state index is 13.3. The van der Waals surface area contributed by atoms with Gasteiger partial charge in [-0.15, -0.1) is 0 Å². The molecule has 1 saturated carbocycles. The smallest absolute Gasteiger partial charge is 0.235 e. The average Bonchev–Trinajstić information content (AvgIpc) is 2.84. The fourth-order valence-electron chi connectivity index (χ4n) is 4.53. The first-order chi connectivity index (χ1) is 16.6. The van der Waals surface area contributed by atoms with Crippen molar-refractivity contribution in [3.05, 3.63) is 54.1 Å². The third kappa shape index (κ3) is 6.37. The molecule has 1 aliphatic heterocycles. The number of carbonyl (C=O) groups is 3. The number of hydrogen-bond donors (Lipinski definition) is 2. The van der Waals surface area contributed by atoms with Crippen molar-refractivity contribution >= 4 is 23.3 Å². The Kier molecular flexibility index (Phi) is 8.17. The molecule has 0 aromatic heterocycles. The second kappa shape index (κ2) is 11.7. The van der Waals surface area contributed by atoms with Crippen molar-refractivity contribution in [2.45, 2.75) is 57.4 Å². The number of Topliss-reactive ketones (excluding diaryl/α,β-unsaturated/α-hetero) is 1. The van der Waals surface area contributed by atoms with E-state index in [0.29, 0.717) is 36.0 Å². The molecular weight excluding hydrogens is 432 g/mol. The van der Waals surface area contributed by atoms with E-state index >= 15 is 0 Å². The maximum absolute atomic E-state index is 13.3. The largest absolute Gasteiger partial charge is 0.486 e. The Morgan fingerprint density at radius 3 is 2.26 bits per heavy atom. The average molecular weight is 465 g/mol. The molecule has 1 atom stereocenters. The van der Waals surface area contributed by atoms with Gasteiger partial charge in [0.15, 0.2) is 17.3 Å². The molecule has 7 nitrogen and oxygen atoms in total. The van der Waals surface area contributed by atoms with Crippen molar-refractivity contribution in [1.29, 1.82) is 0 Å². The first kappa shape index (κ1) is 23.8. The lowest BCUT2D eigenvalue weighted by atomic mass is 9.92. The summed E-state index contributed by atoms with van der Waals surface area (Å²) in [4.78, 5) is 39.4. The molecule has 2 amide bonds. The predicted octanol–water partition coefficient (Wildman–Crippen LogP) is 4.51. The molecular formula is C27H32N2O5. The van der Waals surface area contributed by atoms with Crippen molar-refractivity contribution in [3.63, 3.8) is 0 Å². The molecule has 7 heteroatoms. The molecule has 0 spiro atoms. The van der Waals surface area contributed by atoms with Crippen molar-refractivity contribution in [1.82, 2.24) is 5.32 Å². The van der Waals surface area contributed by atoms with E-state index in [1.165, 1.54) is 19.3 Å². The lowest BCUT2D eigenvalue weighted by Gasteiger charge is -2.23. The van der Waals surface area contributed by atoms with Crippen LogP contribution in [0.5, 0.6) is 11.5 Å².